The second kappa shape index (κ2) is 3.09. The van der Waals surface area contributed by atoms with Gasteiger partial charge in [-0.15, -0.1) is 0 Å². The third kappa shape index (κ3) is 1.46. The molecule has 2 N–H and O–H groups in total. The zero-order chi connectivity index (χ0) is 10.3. The lowest BCUT2D eigenvalue weighted by Gasteiger charge is -2.50. The van der Waals surface area contributed by atoms with Crippen molar-refractivity contribution in [1.82, 2.24) is 9.78 Å². The van der Waals surface area contributed by atoms with E-state index in [0.717, 1.165) is 18.8 Å². The standard InChI is InChI=1S/C11H19N3/c1-11(2)9(5-10(11)12)4-8-6-13-14(3)7-8/h6-7,9-10H,4-5,12H2,1-3H3. The summed E-state index contributed by atoms with van der Waals surface area (Å²) in [6.07, 6.45) is 6.33. The van der Waals surface area contributed by atoms with Crippen LogP contribution in [0.15, 0.2) is 12.4 Å². The molecular weight excluding hydrogens is 174 g/mol. The summed E-state index contributed by atoms with van der Waals surface area (Å²) in [6, 6.07) is 0.379. The Balaban J connectivity index is 2.00. The van der Waals surface area contributed by atoms with E-state index in [1.807, 2.05) is 17.9 Å². The van der Waals surface area contributed by atoms with Crippen molar-refractivity contribution in [3.05, 3.63) is 18.0 Å². The van der Waals surface area contributed by atoms with Gasteiger partial charge in [0.2, 0.25) is 0 Å². The van der Waals surface area contributed by atoms with Crippen LogP contribution in [0.1, 0.15) is 25.8 Å². The monoisotopic (exact) mass is 193 g/mol. The second-order valence-electron chi connectivity index (χ2n) is 5.09. The molecule has 1 heterocycles. The van der Waals surface area contributed by atoms with Gasteiger partial charge in [0.05, 0.1) is 6.20 Å². The molecule has 0 spiro atoms. The van der Waals surface area contributed by atoms with Crippen molar-refractivity contribution < 1.29 is 0 Å². The maximum absolute atomic E-state index is 5.98. The summed E-state index contributed by atoms with van der Waals surface area (Å²) in [6.45, 7) is 4.53. The lowest BCUT2D eigenvalue weighted by Crippen LogP contribution is -2.55. The van der Waals surface area contributed by atoms with Gasteiger partial charge in [-0.2, -0.15) is 5.10 Å². The van der Waals surface area contributed by atoms with Crippen LogP contribution in [0.3, 0.4) is 0 Å². The van der Waals surface area contributed by atoms with E-state index in [2.05, 4.69) is 25.1 Å². The van der Waals surface area contributed by atoms with Gasteiger partial charge >= 0.3 is 0 Å². The molecule has 3 nitrogen and oxygen atoms in total. The fourth-order valence-electron chi connectivity index (χ4n) is 2.26. The summed E-state index contributed by atoms with van der Waals surface area (Å²) in [5.74, 6) is 0.724. The predicted molar refractivity (Wildman–Crippen MR) is 56.8 cm³/mol. The van der Waals surface area contributed by atoms with Crippen LogP contribution >= 0.6 is 0 Å². The fourth-order valence-corrected chi connectivity index (χ4v) is 2.26. The molecule has 0 amide bonds. The van der Waals surface area contributed by atoms with Crippen molar-refractivity contribution in [2.24, 2.45) is 24.1 Å². The molecule has 2 unspecified atom stereocenters. The lowest BCUT2D eigenvalue weighted by atomic mass is 9.57. The van der Waals surface area contributed by atoms with E-state index in [1.54, 1.807) is 0 Å². The molecule has 1 fully saturated rings. The minimum absolute atomic E-state index is 0.301. The van der Waals surface area contributed by atoms with E-state index >= 15 is 0 Å². The summed E-state index contributed by atoms with van der Waals surface area (Å²) in [5.41, 5.74) is 7.62. The second-order valence-corrected chi connectivity index (χ2v) is 5.09. The van der Waals surface area contributed by atoms with Gasteiger partial charge in [-0.3, -0.25) is 4.68 Å². The Bertz CT molecular complexity index is 327. The highest BCUT2D eigenvalue weighted by Crippen LogP contribution is 2.46. The zero-order valence-electron chi connectivity index (χ0n) is 9.20. The first kappa shape index (κ1) is 9.71. The number of nitrogens with zero attached hydrogens (tertiary/aromatic N) is 2. The van der Waals surface area contributed by atoms with Crippen LogP contribution < -0.4 is 5.73 Å². The number of aromatic nitrogens is 2. The lowest BCUT2D eigenvalue weighted by molar-refractivity contribution is 0.0383. The van der Waals surface area contributed by atoms with Gasteiger partial charge in [-0.1, -0.05) is 13.8 Å². The Morgan fingerprint density at radius 3 is 2.79 bits per heavy atom. The van der Waals surface area contributed by atoms with Crippen LogP contribution in [-0.2, 0) is 13.5 Å². The number of hydrogen-bond donors (Lipinski definition) is 1. The highest BCUT2D eigenvalue weighted by molar-refractivity contribution is 5.10. The molecule has 0 aliphatic heterocycles. The molecule has 0 aromatic carbocycles. The fraction of sp³-hybridized carbons (Fsp3) is 0.727. The smallest absolute Gasteiger partial charge is 0.0521 e. The number of hydrogen-bond acceptors (Lipinski definition) is 2. The summed E-state index contributed by atoms with van der Waals surface area (Å²) in [5, 5.41) is 4.18. The van der Waals surface area contributed by atoms with Crippen molar-refractivity contribution in [1.29, 1.82) is 0 Å². The van der Waals surface area contributed by atoms with E-state index in [1.165, 1.54) is 5.56 Å². The van der Waals surface area contributed by atoms with Crippen LogP contribution in [0.5, 0.6) is 0 Å². The summed E-state index contributed by atoms with van der Waals surface area (Å²) in [4.78, 5) is 0. The van der Waals surface area contributed by atoms with Crippen LogP contribution in [-0.4, -0.2) is 15.8 Å². The molecule has 0 bridgehead atoms. The summed E-state index contributed by atoms with van der Waals surface area (Å²) in [7, 11) is 1.96. The van der Waals surface area contributed by atoms with Gasteiger partial charge < -0.3 is 5.73 Å². The number of nitrogens with two attached hydrogens (primary N) is 1. The van der Waals surface area contributed by atoms with E-state index in [9.17, 15) is 0 Å². The van der Waals surface area contributed by atoms with Crippen molar-refractivity contribution in [3.63, 3.8) is 0 Å². The first-order chi connectivity index (χ1) is 6.50. The molecule has 0 saturated heterocycles. The molecule has 3 heteroatoms. The topological polar surface area (TPSA) is 43.8 Å². The minimum Gasteiger partial charge on any atom is -0.327 e. The average Bonchev–Trinajstić information content (AvgIpc) is 2.51. The van der Waals surface area contributed by atoms with Crippen molar-refractivity contribution >= 4 is 0 Å². The third-order valence-corrected chi connectivity index (χ3v) is 3.79. The number of rotatable bonds is 2. The van der Waals surface area contributed by atoms with Gasteiger partial charge in [0.1, 0.15) is 0 Å². The maximum atomic E-state index is 5.98. The van der Waals surface area contributed by atoms with Crippen LogP contribution in [0.4, 0.5) is 0 Å². The molecule has 14 heavy (non-hydrogen) atoms. The molecule has 0 radical (unpaired) electrons. The predicted octanol–water partition coefficient (Wildman–Crippen LogP) is 1.34. The molecule has 1 aliphatic carbocycles. The van der Waals surface area contributed by atoms with E-state index in [-0.39, 0.29) is 0 Å². The highest BCUT2D eigenvalue weighted by atomic mass is 15.2. The molecule has 2 atom stereocenters. The van der Waals surface area contributed by atoms with Gasteiger partial charge in [0.15, 0.2) is 0 Å². The van der Waals surface area contributed by atoms with Crippen molar-refractivity contribution in [2.45, 2.75) is 32.7 Å². The van der Waals surface area contributed by atoms with Gasteiger partial charge in [-0.05, 0) is 29.7 Å². The normalized spacial score (nSPS) is 30.0. The largest absolute Gasteiger partial charge is 0.327 e. The minimum atomic E-state index is 0.301. The first-order valence-corrected chi connectivity index (χ1v) is 5.23. The third-order valence-electron chi connectivity index (χ3n) is 3.79. The zero-order valence-corrected chi connectivity index (χ0v) is 9.20. The molecule has 2 rings (SSSR count). The molecule has 1 aliphatic rings. The van der Waals surface area contributed by atoms with Crippen LogP contribution in [0, 0.1) is 11.3 Å². The average molecular weight is 193 g/mol. The van der Waals surface area contributed by atoms with E-state index in [4.69, 9.17) is 5.73 Å². The Kier molecular flexibility index (Phi) is 2.14. The number of aryl methyl sites for hydroxylation is 1. The van der Waals surface area contributed by atoms with Gasteiger partial charge in [0, 0.05) is 19.3 Å². The van der Waals surface area contributed by atoms with Crippen LogP contribution in [0.25, 0.3) is 0 Å². The van der Waals surface area contributed by atoms with E-state index < -0.39 is 0 Å². The van der Waals surface area contributed by atoms with Crippen molar-refractivity contribution in [2.75, 3.05) is 0 Å². The highest BCUT2D eigenvalue weighted by Gasteiger charge is 2.45. The molecule has 78 valence electrons. The Labute approximate surface area is 85.3 Å². The Morgan fingerprint density at radius 1 is 1.64 bits per heavy atom. The Morgan fingerprint density at radius 2 is 2.36 bits per heavy atom. The molecule has 1 saturated carbocycles. The van der Waals surface area contributed by atoms with Crippen molar-refractivity contribution in [3.8, 4) is 0 Å². The van der Waals surface area contributed by atoms with Gasteiger partial charge in [0.25, 0.3) is 0 Å². The molecule has 1 aromatic rings. The maximum Gasteiger partial charge on any atom is 0.0521 e. The van der Waals surface area contributed by atoms with Gasteiger partial charge in [-0.25, -0.2) is 0 Å². The van der Waals surface area contributed by atoms with Crippen LogP contribution in [0.2, 0.25) is 0 Å². The first-order valence-electron chi connectivity index (χ1n) is 5.23. The molecule has 1 aromatic heterocycles. The Hall–Kier alpha value is -0.830. The molecular formula is C11H19N3. The quantitative estimate of drug-likeness (QED) is 0.770. The SMILES string of the molecule is Cn1cc(CC2CC(N)C2(C)C)cn1. The summed E-state index contributed by atoms with van der Waals surface area (Å²) >= 11 is 0. The summed E-state index contributed by atoms with van der Waals surface area (Å²) < 4.78 is 1.86. The van der Waals surface area contributed by atoms with E-state index in [0.29, 0.717) is 11.5 Å².